The van der Waals surface area contributed by atoms with Gasteiger partial charge in [-0.1, -0.05) is 11.6 Å². The minimum Gasteiger partial charge on any atom is -0.496 e. The van der Waals surface area contributed by atoms with Gasteiger partial charge in [0.1, 0.15) is 11.9 Å². The van der Waals surface area contributed by atoms with Crippen LogP contribution in [0.15, 0.2) is 36.4 Å². The Hall–Kier alpha value is -4.03. The summed E-state index contributed by atoms with van der Waals surface area (Å²) in [4.78, 5) is 25.8. The van der Waals surface area contributed by atoms with E-state index in [-0.39, 0.29) is 12.6 Å². The van der Waals surface area contributed by atoms with Gasteiger partial charge in [-0.3, -0.25) is 4.90 Å². The van der Waals surface area contributed by atoms with E-state index in [1.165, 1.54) is 18.9 Å². The van der Waals surface area contributed by atoms with Gasteiger partial charge >= 0.3 is 18.4 Å². The molecule has 5 rings (SSSR count). The van der Waals surface area contributed by atoms with Gasteiger partial charge < -0.3 is 14.4 Å². The van der Waals surface area contributed by atoms with Crippen molar-refractivity contribution in [2.75, 3.05) is 25.1 Å². The highest BCUT2D eigenvalue weighted by molar-refractivity contribution is 5.77. The topological polar surface area (TPSA) is 67.8 Å². The van der Waals surface area contributed by atoms with Gasteiger partial charge in [0.15, 0.2) is 0 Å². The number of halogens is 6. The van der Waals surface area contributed by atoms with Crippen molar-refractivity contribution in [3.8, 4) is 16.9 Å². The zero-order valence-electron chi connectivity index (χ0n) is 23.2. The molecule has 1 aromatic heterocycles. The quantitative estimate of drug-likeness (QED) is 0.284. The minimum atomic E-state index is -5.03. The van der Waals surface area contributed by atoms with E-state index in [9.17, 15) is 31.1 Å². The fourth-order valence-electron chi connectivity index (χ4n) is 5.22. The van der Waals surface area contributed by atoms with Gasteiger partial charge in [0, 0.05) is 24.2 Å². The lowest BCUT2D eigenvalue weighted by Gasteiger charge is -2.32. The number of aryl methyl sites for hydroxylation is 2. The number of carbonyl (C=O) groups is 1. The molecule has 0 aliphatic carbocycles. The van der Waals surface area contributed by atoms with E-state index < -0.39 is 47.3 Å². The van der Waals surface area contributed by atoms with E-state index >= 15 is 0 Å². The number of methoxy groups -OCH3 is 1. The molecule has 2 unspecified atom stereocenters. The normalized spacial score (nSPS) is 19.1. The van der Waals surface area contributed by atoms with E-state index in [0.717, 1.165) is 25.1 Å². The standard InChI is InChI=1S/C29H28F6N4O3/c1-15-6-7-23(41-4)21(10-15)24-16(2)36-26(38-8-5-9-38)37-22(24)14-39-17(3)25(42-27(39)40)18-11-19(28(30,31)32)13-20(12-18)29(33,34)35/h6-7,10-13,17,25H,5,8-9,14H2,1-4H3. The number of cyclic esters (lactones) is 1. The number of nitrogens with zero attached hydrogens (tertiary/aromatic N) is 4. The minimum absolute atomic E-state index is 0.0468. The highest BCUT2D eigenvalue weighted by atomic mass is 19.4. The predicted octanol–water partition coefficient (Wildman–Crippen LogP) is 7.10. The second kappa shape index (κ2) is 10.7. The molecule has 3 heterocycles. The molecule has 2 atom stereocenters. The van der Waals surface area contributed by atoms with E-state index in [1.807, 2.05) is 24.0 Å². The SMILES string of the molecule is COc1ccc(C)cc1-c1c(C)nc(N2CCC2)nc1CN1C(=O)OC(c2cc(C(F)(F)F)cc(C(F)(F)F)c2)C1C. The van der Waals surface area contributed by atoms with Gasteiger partial charge in [-0.15, -0.1) is 0 Å². The van der Waals surface area contributed by atoms with Crippen molar-refractivity contribution in [1.82, 2.24) is 14.9 Å². The van der Waals surface area contributed by atoms with Crippen LogP contribution in [0.3, 0.4) is 0 Å². The maximum atomic E-state index is 13.5. The van der Waals surface area contributed by atoms with Crippen molar-refractivity contribution in [3.63, 3.8) is 0 Å². The van der Waals surface area contributed by atoms with E-state index in [4.69, 9.17) is 14.5 Å². The molecule has 2 aliphatic rings. The lowest BCUT2D eigenvalue weighted by molar-refractivity contribution is -0.143. The van der Waals surface area contributed by atoms with Gasteiger partial charge in [-0.2, -0.15) is 26.3 Å². The summed E-state index contributed by atoms with van der Waals surface area (Å²) in [7, 11) is 1.52. The van der Waals surface area contributed by atoms with Crippen LogP contribution in [0.25, 0.3) is 11.1 Å². The smallest absolute Gasteiger partial charge is 0.416 e. The molecule has 0 N–H and O–H groups in total. The molecule has 0 saturated carbocycles. The van der Waals surface area contributed by atoms with Crippen molar-refractivity contribution in [3.05, 3.63) is 70.0 Å². The number of amides is 1. The molecule has 2 aliphatic heterocycles. The monoisotopic (exact) mass is 594 g/mol. The van der Waals surface area contributed by atoms with Gasteiger partial charge in [-0.05, 0) is 63.1 Å². The first-order valence-corrected chi connectivity index (χ1v) is 13.2. The Balaban J connectivity index is 1.56. The summed E-state index contributed by atoms with van der Waals surface area (Å²) in [5, 5.41) is 0. The second-order valence-electron chi connectivity index (χ2n) is 10.5. The van der Waals surface area contributed by atoms with E-state index in [0.29, 0.717) is 46.3 Å². The van der Waals surface area contributed by atoms with Crippen LogP contribution in [0.2, 0.25) is 0 Å². The van der Waals surface area contributed by atoms with Crippen LogP contribution in [-0.2, 0) is 23.6 Å². The fourth-order valence-corrected chi connectivity index (χ4v) is 5.22. The lowest BCUT2D eigenvalue weighted by atomic mass is 9.96. The molecule has 2 aromatic carbocycles. The van der Waals surface area contributed by atoms with Crippen molar-refractivity contribution in [2.24, 2.45) is 0 Å². The summed E-state index contributed by atoms with van der Waals surface area (Å²) >= 11 is 0. The third kappa shape index (κ3) is 5.56. The first-order valence-electron chi connectivity index (χ1n) is 13.2. The first-order chi connectivity index (χ1) is 19.7. The Labute approximate surface area is 238 Å². The van der Waals surface area contributed by atoms with Crippen LogP contribution >= 0.6 is 0 Å². The Morgan fingerprint density at radius 3 is 2.17 bits per heavy atom. The van der Waals surface area contributed by atoms with E-state index in [2.05, 4.69) is 4.98 Å². The number of carbonyl (C=O) groups excluding carboxylic acids is 1. The number of hydrogen-bond acceptors (Lipinski definition) is 6. The Morgan fingerprint density at radius 2 is 1.62 bits per heavy atom. The third-order valence-corrected chi connectivity index (χ3v) is 7.57. The highest BCUT2D eigenvalue weighted by Crippen LogP contribution is 2.42. The van der Waals surface area contributed by atoms with Crippen LogP contribution in [-0.4, -0.2) is 47.2 Å². The molecule has 3 aromatic rings. The fraction of sp³-hybridized carbons (Fsp3) is 0.414. The molecule has 0 bridgehead atoms. The molecular weight excluding hydrogens is 566 g/mol. The zero-order chi connectivity index (χ0) is 30.6. The largest absolute Gasteiger partial charge is 0.496 e. The molecule has 7 nitrogen and oxygen atoms in total. The van der Waals surface area contributed by atoms with Gasteiger partial charge in [0.2, 0.25) is 5.95 Å². The third-order valence-electron chi connectivity index (χ3n) is 7.57. The molecule has 13 heteroatoms. The Morgan fingerprint density at radius 1 is 0.976 bits per heavy atom. The average molecular weight is 595 g/mol. The van der Waals surface area contributed by atoms with Crippen LogP contribution in [0.5, 0.6) is 5.75 Å². The van der Waals surface area contributed by atoms with Crippen LogP contribution < -0.4 is 9.64 Å². The number of hydrogen-bond donors (Lipinski definition) is 0. The van der Waals surface area contributed by atoms with Crippen molar-refractivity contribution in [2.45, 2.75) is 58.2 Å². The van der Waals surface area contributed by atoms with Crippen molar-refractivity contribution < 1.29 is 40.6 Å². The highest BCUT2D eigenvalue weighted by Gasteiger charge is 2.44. The predicted molar refractivity (Wildman–Crippen MR) is 141 cm³/mol. The molecule has 0 radical (unpaired) electrons. The molecule has 0 spiro atoms. The van der Waals surface area contributed by atoms with Gasteiger partial charge in [0.25, 0.3) is 0 Å². The number of benzene rings is 2. The average Bonchev–Trinajstić information content (AvgIpc) is 3.14. The molecular formula is C29H28F6N4O3. The van der Waals surface area contributed by atoms with Crippen LogP contribution in [0.1, 0.15) is 53.1 Å². The van der Waals surface area contributed by atoms with Gasteiger partial charge in [-0.25, -0.2) is 14.8 Å². The Kier molecular flexibility index (Phi) is 7.48. The van der Waals surface area contributed by atoms with E-state index in [1.54, 1.807) is 13.0 Å². The first kappa shape index (κ1) is 29.5. The summed E-state index contributed by atoms with van der Waals surface area (Å²) in [5.74, 6) is 1.01. The molecule has 2 fully saturated rings. The van der Waals surface area contributed by atoms with Crippen molar-refractivity contribution in [1.29, 1.82) is 0 Å². The molecule has 2 saturated heterocycles. The zero-order valence-corrected chi connectivity index (χ0v) is 23.2. The summed E-state index contributed by atoms with van der Waals surface area (Å²) in [6, 6.07) is 5.88. The molecule has 224 valence electrons. The summed E-state index contributed by atoms with van der Waals surface area (Å²) in [6.07, 6.45) is -11.4. The number of alkyl halides is 6. The van der Waals surface area contributed by atoms with Crippen molar-refractivity contribution >= 4 is 12.0 Å². The maximum Gasteiger partial charge on any atom is 0.416 e. The maximum absolute atomic E-state index is 13.5. The number of rotatable bonds is 6. The summed E-state index contributed by atoms with van der Waals surface area (Å²) < 4.78 is 92.1. The number of ether oxygens (including phenoxy) is 2. The number of anilines is 1. The molecule has 42 heavy (non-hydrogen) atoms. The lowest BCUT2D eigenvalue weighted by Crippen LogP contribution is -2.39. The Bertz CT molecular complexity index is 1490. The second-order valence-corrected chi connectivity index (χ2v) is 10.5. The number of aromatic nitrogens is 2. The summed E-state index contributed by atoms with van der Waals surface area (Å²) in [5.41, 5.74) is -0.0653. The van der Waals surface area contributed by atoms with Crippen LogP contribution in [0, 0.1) is 13.8 Å². The van der Waals surface area contributed by atoms with Gasteiger partial charge in [0.05, 0.1) is 42.2 Å². The van der Waals surface area contributed by atoms with Crippen LogP contribution in [0.4, 0.5) is 37.1 Å². The molecule has 1 amide bonds. The summed E-state index contributed by atoms with van der Waals surface area (Å²) in [6.45, 7) is 6.61.